The van der Waals surface area contributed by atoms with E-state index in [4.69, 9.17) is 23.2 Å². The number of nitrogens with zero attached hydrogens (tertiary/aromatic N) is 2. The zero-order valence-corrected chi connectivity index (χ0v) is 28.2. The first kappa shape index (κ1) is 31.1. The summed E-state index contributed by atoms with van der Waals surface area (Å²) in [4.78, 5) is 29.2. The average molecular weight is 662 g/mol. The van der Waals surface area contributed by atoms with Crippen molar-refractivity contribution in [3.05, 3.63) is 129 Å². The molecule has 4 nitrogen and oxygen atoms in total. The number of hydrogen-bond acceptors (Lipinski definition) is 4. The maximum atomic E-state index is 13.2. The molecule has 0 spiro atoms. The molecule has 0 saturated carbocycles. The van der Waals surface area contributed by atoms with E-state index in [2.05, 4.69) is 62.4 Å². The Morgan fingerprint density at radius 1 is 0.568 bits per heavy atom. The Bertz CT molecular complexity index is 1550. The molecular formula is C36H34Cl2N2O2S2. The summed E-state index contributed by atoms with van der Waals surface area (Å²) >= 11 is 15.6. The molecule has 2 saturated heterocycles. The SMILES string of the molecule is C[C@@H]1S[C@@](C)(c2ccc(CCc3ccc([C@]4(C)S[C@@H](C)C(=O)N4c4ccc(Cl)cc4)cc3)cc2)N(c2ccc(Cl)cc2)C1=O. The summed E-state index contributed by atoms with van der Waals surface area (Å²) in [6, 6.07) is 32.3. The molecule has 0 unspecified atom stereocenters. The summed E-state index contributed by atoms with van der Waals surface area (Å²) in [5, 5.41) is 1.03. The van der Waals surface area contributed by atoms with Crippen molar-refractivity contribution < 1.29 is 9.59 Å². The van der Waals surface area contributed by atoms with Gasteiger partial charge in [0.2, 0.25) is 11.8 Å². The molecule has 4 aromatic rings. The number of benzene rings is 4. The predicted octanol–water partition coefficient (Wildman–Crippen LogP) is 9.46. The normalized spacial score (nSPS) is 25.2. The number of rotatable bonds is 7. The Kier molecular flexibility index (Phi) is 8.57. The number of hydrogen-bond donors (Lipinski definition) is 0. The highest BCUT2D eigenvalue weighted by Crippen LogP contribution is 2.52. The van der Waals surface area contributed by atoms with Gasteiger partial charge in [-0.2, -0.15) is 0 Å². The first-order valence-corrected chi connectivity index (χ1v) is 17.2. The van der Waals surface area contributed by atoms with E-state index in [0.717, 1.165) is 35.3 Å². The van der Waals surface area contributed by atoms with E-state index in [-0.39, 0.29) is 22.3 Å². The number of carbonyl (C=O) groups is 2. The summed E-state index contributed by atoms with van der Waals surface area (Å²) in [7, 11) is 0. The Balaban J connectivity index is 1.16. The number of anilines is 2. The lowest BCUT2D eigenvalue weighted by Gasteiger charge is -2.35. The Labute approximate surface area is 278 Å². The quantitative estimate of drug-likeness (QED) is 0.198. The third-order valence-electron chi connectivity index (χ3n) is 8.65. The first-order valence-electron chi connectivity index (χ1n) is 14.7. The molecular weight excluding hydrogens is 627 g/mol. The van der Waals surface area contributed by atoms with Gasteiger partial charge in [0.05, 0.1) is 10.5 Å². The largest absolute Gasteiger partial charge is 0.292 e. The zero-order valence-electron chi connectivity index (χ0n) is 25.1. The van der Waals surface area contributed by atoms with E-state index in [1.807, 2.05) is 72.2 Å². The van der Waals surface area contributed by atoms with E-state index in [1.165, 1.54) is 11.1 Å². The molecule has 2 fully saturated rings. The van der Waals surface area contributed by atoms with Crippen LogP contribution < -0.4 is 9.80 Å². The van der Waals surface area contributed by atoms with Gasteiger partial charge in [-0.1, -0.05) is 71.7 Å². The van der Waals surface area contributed by atoms with Crippen molar-refractivity contribution in [1.82, 2.24) is 0 Å². The fraction of sp³-hybridized carbons (Fsp3) is 0.278. The van der Waals surface area contributed by atoms with Crippen molar-refractivity contribution in [2.24, 2.45) is 0 Å². The summed E-state index contributed by atoms with van der Waals surface area (Å²) in [6.07, 6.45) is 1.80. The number of aryl methyl sites for hydroxylation is 2. The van der Waals surface area contributed by atoms with Crippen LogP contribution in [0.1, 0.15) is 49.9 Å². The molecule has 2 amide bonds. The monoisotopic (exact) mass is 660 g/mol. The second-order valence-electron chi connectivity index (χ2n) is 11.7. The minimum Gasteiger partial charge on any atom is -0.292 e. The Morgan fingerprint density at radius 3 is 1.20 bits per heavy atom. The number of carbonyl (C=O) groups excluding carboxylic acids is 2. The maximum absolute atomic E-state index is 13.2. The van der Waals surface area contributed by atoms with Crippen molar-refractivity contribution in [2.45, 2.75) is 60.8 Å². The van der Waals surface area contributed by atoms with Gasteiger partial charge in [0, 0.05) is 21.4 Å². The van der Waals surface area contributed by atoms with Crippen LogP contribution in [-0.4, -0.2) is 22.3 Å². The van der Waals surface area contributed by atoms with Crippen molar-refractivity contribution in [3.8, 4) is 0 Å². The van der Waals surface area contributed by atoms with Crippen LogP contribution in [-0.2, 0) is 32.2 Å². The van der Waals surface area contributed by atoms with Gasteiger partial charge in [-0.3, -0.25) is 19.4 Å². The molecule has 226 valence electrons. The second-order valence-corrected chi connectivity index (χ2v) is 16.0. The van der Waals surface area contributed by atoms with E-state index in [0.29, 0.717) is 10.0 Å². The smallest absolute Gasteiger partial charge is 0.241 e. The van der Waals surface area contributed by atoms with Gasteiger partial charge in [0.1, 0.15) is 9.74 Å². The Morgan fingerprint density at radius 2 is 0.886 bits per heavy atom. The number of halogens is 2. The third-order valence-corrected chi connectivity index (χ3v) is 12.0. The molecule has 6 rings (SSSR count). The standard InChI is InChI=1S/C36H34Cl2N2O2S2/c1-23-33(41)39(31-19-15-29(37)16-20-31)35(3,43-23)27-11-7-25(8-12-27)5-6-26-9-13-28(14-10-26)36(4)40(34(42)24(2)44-36)32-21-17-30(38)18-22-32/h7-24H,5-6H2,1-4H3/t23-,24-,35-,36-/m0/s1. The molecule has 0 aromatic heterocycles. The van der Waals surface area contributed by atoms with Crippen LogP contribution in [0.25, 0.3) is 0 Å². The van der Waals surface area contributed by atoms with Gasteiger partial charge in [-0.25, -0.2) is 0 Å². The lowest BCUT2D eigenvalue weighted by atomic mass is 9.98. The van der Waals surface area contributed by atoms with Crippen LogP contribution in [0.5, 0.6) is 0 Å². The minimum atomic E-state index is -0.508. The van der Waals surface area contributed by atoms with Gasteiger partial charge in [0.15, 0.2) is 0 Å². The summed E-state index contributed by atoms with van der Waals surface area (Å²) in [5.74, 6) is 0.208. The van der Waals surface area contributed by atoms with Gasteiger partial charge < -0.3 is 0 Å². The van der Waals surface area contributed by atoms with Crippen LogP contribution in [0.3, 0.4) is 0 Å². The fourth-order valence-electron chi connectivity index (χ4n) is 6.25. The molecule has 4 atom stereocenters. The topological polar surface area (TPSA) is 40.6 Å². The molecule has 0 aliphatic carbocycles. The Hall–Kier alpha value is -2.90. The summed E-state index contributed by atoms with van der Waals surface area (Å²) in [6.45, 7) is 8.19. The van der Waals surface area contributed by atoms with Crippen LogP contribution in [0.2, 0.25) is 10.0 Å². The molecule has 4 aromatic carbocycles. The van der Waals surface area contributed by atoms with E-state index < -0.39 is 9.74 Å². The van der Waals surface area contributed by atoms with Crippen molar-refractivity contribution in [1.29, 1.82) is 0 Å². The highest BCUT2D eigenvalue weighted by atomic mass is 35.5. The molecule has 8 heteroatoms. The van der Waals surface area contributed by atoms with Gasteiger partial charge in [-0.15, -0.1) is 23.5 Å². The van der Waals surface area contributed by atoms with E-state index in [1.54, 1.807) is 23.5 Å². The van der Waals surface area contributed by atoms with Crippen LogP contribution in [0.15, 0.2) is 97.1 Å². The number of thioether (sulfide) groups is 2. The lowest BCUT2D eigenvalue weighted by Crippen LogP contribution is -2.40. The van der Waals surface area contributed by atoms with Crippen molar-refractivity contribution in [3.63, 3.8) is 0 Å². The zero-order chi connectivity index (χ0) is 31.2. The lowest BCUT2D eigenvalue weighted by molar-refractivity contribution is -0.118. The third kappa shape index (κ3) is 5.66. The summed E-state index contributed by atoms with van der Waals surface area (Å²) in [5.41, 5.74) is 6.39. The van der Waals surface area contributed by atoms with Gasteiger partial charge in [0.25, 0.3) is 0 Å². The van der Waals surface area contributed by atoms with Crippen LogP contribution in [0.4, 0.5) is 11.4 Å². The minimum absolute atomic E-state index is 0.104. The van der Waals surface area contributed by atoms with Crippen LogP contribution >= 0.6 is 46.7 Å². The van der Waals surface area contributed by atoms with Crippen molar-refractivity contribution >= 4 is 69.9 Å². The highest BCUT2D eigenvalue weighted by molar-refractivity contribution is 8.02. The van der Waals surface area contributed by atoms with Gasteiger partial charge >= 0.3 is 0 Å². The van der Waals surface area contributed by atoms with Crippen LogP contribution in [0, 0.1) is 0 Å². The molecule has 44 heavy (non-hydrogen) atoms. The van der Waals surface area contributed by atoms with E-state index >= 15 is 0 Å². The van der Waals surface area contributed by atoms with Gasteiger partial charge in [-0.05, 0) is 111 Å². The molecule has 2 aliphatic rings. The average Bonchev–Trinajstić information content (AvgIpc) is 3.40. The molecule has 2 aliphatic heterocycles. The molecule has 0 bridgehead atoms. The van der Waals surface area contributed by atoms with E-state index in [9.17, 15) is 9.59 Å². The molecule has 0 radical (unpaired) electrons. The first-order chi connectivity index (χ1) is 21.0. The van der Waals surface area contributed by atoms with Crippen molar-refractivity contribution in [2.75, 3.05) is 9.80 Å². The molecule has 0 N–H and O–H groups in total. The summed E-state index contributed by atoms with van der Waals surface area (Å²) < 4.78 is 0. The fourth-order valence-corrected chi connectivity index (χ4v) is 9.44. The second kappa shape index (κ2) is 12.1. The highest BCUT2D eigenvalue weighted by Gasteiger charge is 2.50. The predicted molar refractivity (Wildman–Crippen MR) is 187 cm³/mol. The number of amides is 2. The molecule has 2 heterocycles. The maximum Gasteiger partial charge on any atom is 0.241 e.